The van der Waals surface area contributed by atoms with Crippen LogP contribution in [0, 0.1) is 35.0 Å². The highest BCUT2D eigenvalue weighted by Crippen LogP contribution is 2.42. The lowest BCUT2D eigenvalue weighted by Crippen LogP contribution is -2.39. The van der Waals surface area contributed by atoms with Crippen LogP contribution in [-0.4, -0.2) is 26.7 Å². The van der Waals surface area contributed by atoms with Crippen LogP contribution in [0.2, 0.25) is 10.3 Å². The summed E-state index contributed by atoms with van der Waals surface area (Å²) in [6.45, 7) is 2.10. The number of amides is 1. The van der Waals surface area contributed by atoms with E-state index in [0.717, 1.165) is 11.1 Å². The van der Waals surface area contributed by atoms with Gasteiger partial charge in [-0.2, -0.15) is 0 Å². The maximum absolute atomic E-state index is 14.1. The van der Waals surface area contributed by atoms with E-state index in [9.17, 15) is 31.9 Å². The molecule has 7 nitrogen and oxygen atoms in total. The molecule has 43 heavy (non-hydrogen) atoms. The zero-order valence-corrected chi connectivity index (χ0v) is 23.6. The molecule has 2 heterocycles. The van der Waals surface area contributed by atoms with Gasteiger partial charge in [0.25, 0.3) is 5.91 Å². The minimum Gasteiger partial charge on any atom is -0.392 e. The molecule has 2 N–H and O–H groups in total. The highest BCUT2D eigenvalue weighted by Gasteiger charge is 2.39. The van der Waals surface area contributed by atoms with Crippen LogP contribution in [0.5, 0.6) is 0 Å². The maximum Gasteiger partial charge on any atom is 0.261 e. The first-order valence-electron chi connectivity index (χ1n) is 12.8. The number of hydrogen-bond donors (Lipinski definition) is 2. The number of anilines is 1. The van der Waals surface area contributed by atoms with E-state index in [0.29, 0.717) is 5.56 Å². The third-order valence-electron chi connectivity index (χ3n) is 7.11. The van der Waals surface area contributed by atoms with Crippen molar-refractivity contribution < 1.29 is 41.3 Å². The monoisotopic (exact) mass is 641 g/mol. The second kappa shape index (κ2) is 12.6. The average molecular weight is 642 g/mol. The Morgan fingerprint density at radius 3 is 2.05 bits per heavy atom. The number of rotatable bonds is 7. The lowest BCUT2D eigenvalue weighted by atomic mass is 9.90. The Morgan fingerprint density at radius 2 is 1.49 bits per heavy atom. The summed E-state index contributed by atoms with van der Waals surface area (Å²) < 4.78 is 82.9. The molecule has 3 aromatic carbocycles. The normalized spacial score (nSPS) is 20.3. The van der Waals surface area contributed by atoms with Gasteiger partial charge in [0.2, 0.25) is 5.82 Å². The second-order valence-corrected chi connectivity index (χ2v) is 10.5. The van der Waals surface area contributed by atoms with Crippen molar-refractivity contribution in [1.29, 1.82) is 0 Å². The first kappa shape index (κ1) is 30.9. The summed E-state index contributed by atoms with van der Waals surface area (Å²) in [7, 11) is 0. The van der Waals surface area contributed by atoms with Crippen LogP contribution >= 0.6 is 23.2 Å². The molecule has 0 bridgehead atoms. The van der Waals surface area contributed by atoms with Gasteiger partial charge in [-0.1, -0.05) is 66.5 Å². The summed E-state index contributed by atoms with van der Waals surface area (Å²) in [5.74, 6) is -13.0. The molecule has 5 rings (SSSR count). The summed E-state index contributed by atoms with van der Waals surface area (Å²) in [4.78, 5) is 16.5. The number of halogens is 7. The van der Waals surface area contributed by atoms with E-state index in [1.165, 1.54) is 30.6 Å². The molecule has 1 aromatic heterocycles. The van der Waals surface area contributed by atoms with Gasteiger partial charge in [0.15, 0.2) is 34.7 Å². The third kappa shape index (κ3) is 6.11. The number of nitrogens with one attached hydrogen (secondary N) is 1. The average Bonchev–Trinajstić information content (AvgIpc) is 3.32. The molecular weight excluding hydrogens is 620 g/mol. The molecule has 226 valence electrons. The van der Waals surface area contributed by atoms with Gasteiger partial charge in [-0.05, 0) is 23.3 Å². The molecule has 1 fully saturated rings. The number of ether oxygens (including phenoxy) is 2. The van der Waals surface area contributed by atoms with Crippen LogP contribution in [0.25, 0.3) is 0 Å². The van der Waals surface area contributed by atoms with Gasteiger partial charge in [-0.25, -0.2) is 26.9 Å². The van der Waals surface area contributed by atoms with Crippen molar-refractivity contribution in [2.75, 3.05) is 5.32 Å². The number of carbonyl (C=O) groups is 1. The van der Waals surface area contributed by atoms with Crippen molar-refractivity contribution in [2.45, 2.75) is 38.6 Å². The van der Waals surface area contributed by atoms with Crippen LogP contribution in [0.15, 0.2) is 54.9 Å². The van der Waals surface area contributed by atoms with Gasteiger partial charge in [0.1, 0.15) is 10.7 Å². The van der Waals surface area contributed by atoms with Crippen LogP contribution in [-0.2, 0) is 22.6 Å². The summed E-state index contributed by atoms with van der Waals surface area (Å²) in [5, 5.41) is 11.9. The van der Waals surface area contributed by atoms with E-state index in [1.54, 1.807) is 16.7 Å². The fraction of sp³-hybridized carbons (Fsp3) is 0.241. The van der Waals surface area contributed by atoms with Crippen molar-refractivity contribution in [3.63, 3.8) is 0 Å². The Hall–Kier alpha value is -3.55. The van der Waals surface area contributed by atoms with Crippen LogP contribution in [0.1, 0.15) is 46.4 Å². The number of aliphatic hydroxyl groups excluding tert-OH is 1. The van der Waals surface area contributed by atoms with Crippen molar-refractivity contribution in [1.82, 2.24) is 9.55 Å². The molecule has 1 amide bonds. The minimum absolute atomic E-state index is 0.00870. The van der Waals surface area contributed by atoms with Crippen LogP contribution < -0.4 is 5.32 Å². The van der Waals surface area contributed by atoms with E-state index in [2.05, 4.69) is 10.3 Å². The van der Waals surface area contributed by atoms with Crippen molar-refractivity contribution in [3.05, 3.63) is 117 Å². The lowest BCUT2D eigenvalue weighted by molar-refractivity contribution is -0.276. The van der Waals surface area contributed by atoms with Crippen LogP contribution in [0.3, 0.4) is 0 Å². The summed E-state index contributed by atoms with van der Waals surface area (Å²) in [6, 6.07) is 13.0. The quantitative estimate of drug-likeness (QED) is 0.127. The summed E-state index contributed by atoms with van der Waals surface area (Å²) in [6.07, 6.45) is -0.375. The van der Waals surface area contributed by atoms with E-state index in [4.69, 9.17) is 32.7 Å². The number of carbonyl (C=O) groups excluding carboxylic acids is 1. The smallest absolute Gasteiger partial charge is 0.261 e. The Labute approximate surface area is 251 Å². The number of hydrogen-bond acceptors (Lipinski definition) is 5. The second-order valence-electron chi connectivity index (χ2n) is 9.82. The first-order valence-corrected chi connectivity index (χ1v) is 13.5. The van der Waals surface area contributed by atoms with Gasteiger partial charge in [-0.3, -0.25) is 4.79 Å². The van der Waals surface area contributed by atoms with Crippen LogP contribution in [0.4, 0.5) is 27.6 Å². The molecule has 1 aliphatic heterocycles. The zero-order valence-electron chi connectivity index (χ0n) is 22.1. The Balaban J connectivity index is 1.40. The fourth-order valence-corrected chi connectivity index (χ4v) is 5.03. The molecule has 0 aliphatic carbocycles. The molecule has 4 atom stereocenters. The number of imidazole rings is 1. The molecule has 0 saturated carbocycles. The van der Waals surface area contributed by atoms with Gasteiger partial charge in [0, 0.05) is 17.2 Å². The Bertz CT molecular complexity index is 1620. The number of aliphatic hydroxyl groups is 1. The van der Waals surface area contributed by atoms with Crippen molar-refractivity contribution in [2.24, 2.45) is 5.92 Å². The largest absolute Gasteiger partial charge is 0.392 e. The Morgan fingerprint density at radius 1 is 0.907 bits per heavy atom. The number of benzene rings is 3. The van der Waals surface area contributed by atoms with Gasteiger partial charge < -0.3 is 24.5 Å². The SMILES string of the molecule is C[C@H]1[C@@H](Cn2cnc(Cl)c2Cl)O[C@@H](c2ccc(NC(=O)c3c(F)c(F)c(F)c(F)c3F)cc2)O[C@H]1c1ccc(CO)cc1. The zero-order chi connectivity index (χ0) is 31.0. The third-order valence-corrected chi connectivity index (χ3v) is 7.88. The van der Waals surface area contributed by atoms with Gasteiger partial charge >= 0.3 is 0 Å². The summed E-state index contributed by atoms with van der Waals surface area (Å²) >= 11 is 12.3. The molecular formula is C29H22Cl2F5N3O4. The van der Waals surface area contributed by atoms with E-state index in [1.807, 2.05) is 19.1 Å². The first-order chi connectivity index (χ1) is 20.5. The van der Waals surface area contributed by atoms with E-state index >= 15 is 0 Å². The minimum atomic E-state index is -2.36. The summed E-state index contributed by atoms with van der Waals surface area (Å²) in [5.41, 5.74) is 0.446. The molecule has 1 saturated heterocycles. The number of aromatic nitrogens is 2. The van der Waals surface area contributed by atoms with Crippen molar-refractivity contribution in [3.8, 4) is 0 Å². The Kier molecular flexibility index (Phi) is 9.04. The topological polar surface area (TPSA) is 85.6 Å². The standard InChI is InChI=1S/C29H22Cl2F5N3O4/c1-13-18(10-39-12-37-26(30)27(39)31)42-29(43-25(13)15-4-2-14(11-40)3-5-15)16-6-8-17(9-7-16)38-28(41)19-20(32)22(34)24(36)23(35)21(19)33/h2-9,12-13,18,25,29,40H,10-11H2,1H3,(H,38,41)/t13-,18+,25+,29+/m0/s1. The molecule has 1 aliphatic rings. The predicted octanol–water partition coefficient (Wildman–Crippen LogP) is 7.12. The predicted molar refractivity (Wildman–Crippen MR) is 146 cm³/mol. The van der Waals surface area contributed by atoms with E-state index in [-0.39, 0.29) is 35.1 Å². The molecule has 4 aromatic rings. The highest BCUT2D eigenvalue weighted by molar-refractivity contribution is 6.40. The maximum atomic E-state index is 14.1. The van der Waals surface area contributed by atoms with Crippen molar-refractivity contribution >= 4 is 34.8 Å². The molecule has 0 spiro atoms. The highest BCUT2D eigenvalue weighted by atomic mass is 35.5. The van der Waals surface area contributed by atoms with Gasteiger partial charge in [-0.15, -0.1) is 0 Å². The number of nitrogens with zero attached hydrogens (tertiary/aromatic N) is 2. The molecule has 14 heteroatoms. The molecule has 0 radical (unpaired) electrons. The molecule has 0 unspecified atom stereocenters. The lowest BCUT2D eigenvalue weighted by Gasteiger charge is -2.41. The van der Waals surface area contributed by atoms with E-state index < -0.39 is 59.1 Å². The van der Waals surface area contributed by atoms with Gasteiger partial charge in [0.05, 0.1) is 31.7 Å². The fourth-order valence-electron chi connectivity index (χ4n) is 4.71.